The largest absolute Gasteiger partial charge is 0.495 e. The second-order valence-electron chi connectivity index (χ2n) is 7.35. The molecule has 2 aromatic heterocycles. The number of aromatic nitrogens is 2. The summed E-state index contributed by atoms with van der Waals surface area (Å²) in [7, 11) is 1.55. The first-order valence-electron chi connectivity index (χ1n) is 9.45. The van der Waals surface area contributed by atoms with Gasteiger partial charge in [-0.3, -0.25) is 14.2 Å². The van der Waals surface area contributed by atoms with Crippen LogP contribution in [0.3, 0.4) is 0 Å². The van der Waals surface area contributed by atoms with Crippen LogP contribution in [-0.2, 0) is 17.6 Å². The highest BCUT2D eigenvalue weighted by atomic mass is 32.1. The number of hydrogen-bond acceptors (Lipinski definition) is 5. The molecule has 0 fully saturated rings. The molecule has 1 amide bonds. The molecule has 28 heavy (non-hydrogen) atoms. The Kier molecular flexibility index (Phi) is 4.93. The van der Waals surface area contributed by atoms with Gasteiger partial charge in [-0.1, -0.05) is 19.1 Å². The molecule has 2 atom stereocenters. The van der Waals surface area contributed by atoms with Crippen molar-refractivity contribution in [3.8, 4) is 5.75 Å². The maximum absolute atomic E-state index is 13.2. The summed E-state index contributed by atoms with van der Waals surface area (Å²) >= 11 is 1.61. The number of nitrogens with one attached hydrogen (secondary N) is 1. The summed E-state index contributed by atoms with van der Waals surface area (Å²) in [4.78, 5) is 32.5. The lowest BCUT2D eigenvalue weighted by Gasteiger charge is -2.18. The van der Waals surface area contributed by atoms with E-state index in [-0.39, 0.29) is 11.5 Å². The molecule has 0 saturated heterocycles. The Morgan fingerprint density at radius 1 is 1.39 bits per heavy atom. The molecular formula is C21H23N3O3S. The van der Waals surface area contributed by atoms with Gasteiger partial charge < -0.3 is 10.1 Å². The van der Waals surface area contributed by atoms with Crippen molar-refractivity contribution in [2.24, 2.45) is 5.92 Å². The molecule has 0 bridgehead atoms. The molecule has 146 valence electrons. The van der Waals surface area contributed by atoms with E-state index >= 15 is 0 Å². The number of aryl methyl sites for hydroxylation is 1. The van der Waals surface area contributed by atoms with Crippen molar-refractivity contribution in [1.29, 1.82) is 0 Å². The van der Waals surface area contributed by atoms with Crippen LogP contribution in [-0.4, -0.2) is 22.6 Å². The minimum absolute atomic E-state index is 0.139. The van der Waals surface area contributed by atoms with Gasteiger partial charge in [-0.25, -0.2) is 4.98 Å². The molecule has 1 aliphatic carbocycles. The monoisotopic (exact) mass is 397 g/mol. The summed E-state index contributed by atoms with van der Waals surface area (Å²) in [5, 5.41) is 3.53. The Labute approximate surface area is 167 Å². The van der Waals surface area contributed by atoms with Gasteiger partial charge in [-0.2, -0.15) is 0 Å². The van der Waals surface area contributed by atoms with Crippen molar-refractivity contribution >= 4 is 33.1 Å². The van der Waals surface area contributed by atoms with Crippen molar-refractivity contribution in [1.82, 2.24) is 9.55 Å². The lowest BCUT2D eigenvalue weighted by Crippen LogP contribution is -2.32. The van der Waals surface area contributed by atoms with Gasteiger partial charge >= 0.3 is 0 Å². The van der Waals surface area contributed by atoms with Gasteiger partial charge in [-0.05, 0) is 49.8 Å². The number of thiophene rings is 1. The predicted molar refractivity (Wildman–Crippen MR) is 111 cm³/mol. The third-order valence-electron chi connectivity index (χ3n) is 5.40. The third-order valence-corrected chi connectivity index (χ3v) is 6.56. The normalized spacial score (nSPS) is 17.2. The van der Waals surface area contributed by atoms with E-state index in [4.69, 9.17) is 4.74 Å². The second-order valence-corrected chi connectivity index (χ2v) is 8.44. The topological polar surface area (TPSA) is 73.2 Å². The van der Waals surface area contributed by atoms with Crippen LogP contribution in [0.25, 0.3) is 10.2 Å². The Morgan fingerprint density at radius 3 is 2.96 bits per heavy atom. The number of anilines is 1. The Hall–Kier alpha value is -2.67. The second kappa shape index (κ2) is 7.39. The number of nitrogens with zero attached hydrogens (tertiary/aromatic N) is 2. The van der Waals surface area contributed by atoms with Crippen molar-refractivity contribution in [2.75, 3.05) is 12.4 Å². The highest BCUT2D eigenvalue weighted by Gasteiger charge is 2.25. The van der Waals surface area contributed by atoms with E-state index in [2.05, 4.69) is 17.2 Å². The molecule has 0 spiro atoms. The average Bonchev–Trinajstić information content (AvgIpc) is 3.06. The van der Waals surface area contributed by atoms with Gasteiger partial charge in [-0.15, -0.1) is 11.3 Å². The Bertz CT molecular complexity index is 1100. The molecule has 4 rings (SSSR count). The van der Waals surface area contributed by atoms with Crippen molar-refractivity contribution in [3.05, 3.63) is 51.4 Å². The van der Waals surface area contributed by atoms with Crippen LogP contribution in [0.15, 0.2) is 35.4 Å². The van der Waals surface area contributed by atoms with E-state index in [1.807, 2.05) is 12.1 Å². The maximum atomic E-state index is 13.2. The van der Waals surface area contributed by atoms with Crippen LogP contribution < -0.4 is 15.6 Å². The van der Waals surface area contributed by atoms with E-state index < -0.39 is 6.04 Å². The summed E-state index contributed by atoms with van der Waals surface area (Å²) in [5.74, 6) is 0.920. The molecule has 0 saturated carbocycles. The minimum Gasteiger partial charge on any atom is -0.495 e. The molecule has 1 aromatic carbocycles. The molecule has 1 aliphatic rings. The minimum atomic E-state index is -0.688. The van der Waals surface area contributed by atoms with Crippen molar-refractivity contribution in [3.63, 3.8) is 0 Å². The Morgan fingerprint density at radius 2 is 2.18 bits per heavy atom. The van der Waals surface area contributed by atoms with Crippen molar-refractivity contribution < 1.29 is 9.53 Å². The number of amides is 1. The molecule has 0 aliphatic heterocycles. The molecule has 7 heteroatoms. The maximum Gasteiger partial charge on any atom is 0.263 e. The predicted octanol–water partition coefficient (Wildman–Crippen LogP) is 3.79. The number of carbonyl (C=O) groups is 1. The van der Waals surface area contributed by atoms with Crippen LogP contribution in [0.1, 0.15) is 36.8 Å². The first kappa shape index (κ1) is 18.7. The molecule has 1 N–H and O–H groups in total. The van der Waals surface area contributed by atoms with Crippen LogP contribution in [0.5, 0.6) is 5.75 Å². The molecule has 2 unspecified atom stereocenters. The highest BCUT2D eigenvalue weighted by molar-refractivity contribution is 7.18. The number of benzene rings is 1. The van der Waals surface area contributed by atoms with Crippen LogP contribution >= 0.6 is 11.3 Å². The summed E-state index contributed by atoms with van der Waals surface area (Å²) in [5.41, 5.74) is 1.56. The number of ether oxygens (including phenoxy) is 1. The van der Waals surface area contributed by atoms with Gasteiger partial charge in [0.15, 0.2) is 0 Å². The summed E-state index contributed by atoms with van der Waals surface area (Å²) in [6.45, 7) is 3.95. The standard InChI is InChI=1S/C21H23N3O3S/c1-12-8-9-14-17(10-12)28-20-18(14)21(26)24(11-22-20)13(2)19(25)23-15-6-4-5-7-16(15)27-3/h4-7,11-13H,8-10H2,1-3H3,(H,23,25). The summed E-state index contributed by atoms with van der Waals surface area (Å²) < 4.78 is 6.71. The number of para-hydroxylation sites is 2. The van der Waals surface area contributed by atoms with Crippen LogP contribution in [0.2, 0.25) is 0 Å². The zero-order valence-electron chi connectivity index (χ0n) is 16.2. The number of methoxy groups -OCH3 is 1. The lowest BCUT2D eigenvalue weighted by molar-refractivity contribution is -0.118. The number of rotatable bonds is 4. The fourth-order valence-electron chi connectivity index (χ4n) is 3.73. The van der Waals surface area contributed by atoms with Crippen LogP contribution in [0.4, 0.5) is 5.69 Å². The summed E-state index contributed by atoms with van der Waals surface area (Å²) in [6, 6.07) is 6.51. The quantitative estimate of drug-likeness (QED) is 0.727. The fraction of sp³-hybridized carbons (Fsp3) is 0.381. The third kappa shape index (κ3) is 3.20. The van der Waals surface area contributed by atoms with E-state index in [1.54, 1.807) is 37.5 Å². The number of carbonyl (C=O) groups excluding carboxylic acids is 1. The molecular weight excluding hydrogens is 374 g/mol. The molecule has 2 heterocycles. The smallest absolute Gasteiger partial charge is 0.263 e. The van der Waals surface area contributed by atoms with Gasteiger partial charge in [0.25, 0.3) is 5.56 Å². The van der Waals surface area contributed by atoms with E-state index in [0.717, 1.165) is 29.7 Å². The zero-order chi connectivity index (χ0) is 19.8. The number of hydrogen-bond donors (Lipinski definition) is 1. The van der Waals surface area contributed by atoms with Gasteiger partial charge in [0.1, 0.15) is 16.6 Å². The summed E-state index contributed by atoms with van der Waals surface area (Å²) in [6.07, 6.45) is 4.47. The van der Waals surface area contributed by atoms with Crippen molar-refractivity contribution in [2.45, 2.75) is 39.2 Å². The lowest BCUT2D eigenvalue weighted by atomic mass is 9.89. The van der Waals surface area contributed by atoms with Gasteiger partial charge in [0.2, 0.25) is 5.91 Å². The SMILES string of the molecule is COc1ccccc1NC(=O)C(C)n1cnc2sc3c(c2c1=O)CCC(C)C3. The first-order valence-corrected chi connectivity index (χ1v) is 10.3. The molecule has 3 aromatic rings. The van der Waals surface area contributed by atoms with E-state index in [9.17, 15) is 9.59 Å². The van der Waals surface area contributed by atoms with E-state index in [0.29, 0.717) is 22.7 Å². The Balaban J connectivity index is 1.68. The number of fused-ring (bicyclic) bond motifs is 3. The van der Waals surface area contributed by atoms with Gasteiger partial charge in [0.05, 0.1) is 24.5 Å². The van der Waals surface area contributed by atoms with Crippen LogP contribution in [0, 0.1) is 5.92 Å². The average molecular weight is 398 g/mol. The zero-order valence-corrected chi connectivity index (χ0v) is 17.0. The van der Waals surface area contributed by atoms with Gasteiger partial charge in [0, 0.05) is 4.88 Å². The highest BCUT2D eigenvalue weighted by Crippen LogP contribution is 2.35. The van der Waals surface area contributed by atoms with E-state index in [1.165, 1.54) is 15.8 Å². The molecule has 6 nitrogen and oxygen atoms in total. The fourth-order valence-corrected chi connectivity index (χ4v) is 5.07. The first-order chi connectivity index (χ1) is 13.5. The molecule has 0 radical (unpaired) electrons.